The summed E-state index contributed by atoms with van der Waals surface area (Å²) in [6.07, 6.45) is 3.31. The summed E-state index contributed by atoms with van der Waals surface area (Å²) in [5.74, 6) is 0. The molecule has 4 rings (SSSR count). The third-order valence-electron chi connectivity index (χ3n) is 3.87. The summed E-state index contributed by atoms with van der Waals surface area (Å²) in [5.41, 5.74) is 2.71. The maximum Gasteiger partial charge on any atom is 0.0499 e. The van der Waals surface area contributed by atoms with Gasteiger partial charge in [0.2, 0.25) is 0 Å². The average Bonchev–Trinajstić information content (AvgIpc) is 3.04. The second-order valence-corrected chi connectivity index (χ2v) is 6.94. The molecule has 2 heterocycles. The predicted octanol–water partition coefficient (Wildman–Crippen LogP) is 5.01. The Kier molecular flexibility index (Phi) is 3.01. The van der Waals surface area contributed by atoms with Crippen LogP contribution < -0.4 is 0 Å². The summed E-state index contributed by atoms with van der Waals surface area (Å²) in [5, 5.41) is 2.60. The van der Waals surface area contributed by atoms with E-state index in [2.05, 4.69) is 47.2 Å². The fourth-order valence-corrected chi connectivity index (χ4v) is 4.47. The molecular formula is C17H14ClNS. The number of thioether (sulfide) groups is 1. The highest BCUT2D eigenvalue weighted by atomic mass is 35.5. The number of fused-ring (bicyclic) bond motifs is 2. The number of hydrogen-bond acceptors (Lipinski definition) is 1. The van der Waals surface area contributed by atoms with Crippen molar-refractivity contribution in [2.75, 3.05) is 0 Å². The minimum Gasteiger partial charge on any atom is -0.346 e. The molecule has 20 heavy (non-hydrogen) atoms. The van der Waals surface area contributed by atoms with E-state index in [4.69, 9.17) is 11.6 Å². The van der Waals surface area contributed by atoms with Gasteiger partial charge in [0.25, 0.3) is 0 Å². The number of hydrogen-bond donors (Lipinski definition) is 0. The smallest absolute Gasteiger partial charge is 0.0499 e. The lowest BCUT2D eigenvalue weighted by molar-refractivity contribution is 0.685. The van der Waals surface area contributed by atoms with Crippen LogP contribution in [0, 0.1) is 0 Å². The zero-order chi connectivity index (χ0) is 13.5. The van der Waals surface area contributed by atoms with Gasteiger partial charge >= 0.3 is 0 Å². The van der Waals surface area contributed by atoms with Gasteiger partial charge in [-0.15, -0.1) is 11.8 Å². The van der Waals surface area contributed by atoms with Gasteiger partial charge < -0.3 is 4.57 Å². The highest BCUT2D eigenvalue weighted by Gasteiger charge is 2.22. The molecule has 1 aromatic heterocycles. The second-order valence-electron chi connectivity index (χ2n) is 5.19. The van der Waals surface area contributed by atoms with Gasteiger partial charge in [0, 0.05) is 38.8 Å². The molecule has 0 spiro atoms. The Labute approximate surface area is 127 Å². The molecule has 0 saturated heterocycles. The summed E-state index contributed by atoms with van der Waals surface area (Å²) < 4.78 is 2.32. The monoisotopic (exact) mass is 299 g/mol. The van der Waals surface area contributed by atoms with Crippen LogP contribution in [0.2, 0.25) is 5.02 Å². The van der Waals surface area contributed by atoms with Crippen LogP contribution in [0.25, 0.3) is 10.9 Å². The first kappa shape index (κ1) is 12.4. The van der Waals surface area contributed by atoms with Crippen molar-refractivity contribution in [3.8, 4) is 0 Å². The van der Waals surface area contributed by atoms with Gasteiger partial charge in [0.15, 0.2) is 0 Å². The van der Waals surface area contributed by atoms with Crippen LogP contribution in [0.4, 0.5) is 0 Å². The molecule has 0 aliphatic carbocycles. The molecule has 1 aliphatic rings. The highest BCUT2D eigenvalue weighted by Crippen LogP contribution is 2.38. The molecule has 2 aromatic carbocycles. The van der Waals surface area contributed by atoms with E-state index < -0.39 is 0 Å². The minimum atomic E-state index is 0.613. The van der Waals surface area contributed by atoms with Crippen LogP contribution in [-0.2, 0) is 13.0 Å². The van der Waals surface area contributed by atoms with Crippen LogP contribution in [0.1, 0.15) is 5.56 Å². The van der Waals surface area contributed by atoms with E-state index in [1.54, 1.807) is 0 Å². The van der Waals surface area contributed by atoms with E-state index in [1.807, 2.05) is 23.9 Å². The number of aromatic nitrogens is 1. The Hall–Kier alpha value is -1.38. The maximum atomic E-state index is 6.24. The molecule has 3 aromatic rings. The lowest BCUT2D eigenvalue weighted by Crippen LogP contribution is -2.11. The SMILES string of the molecule is Clc1cccc2c1ccn2CC1Cc2ccccc2S1. The number of benzene rings is 2. The lowest BCUT2D eigenvalue weighted by Gasteiger charge is -2.11. The number of rotatable bonds is 2. The lowest BCUT2D eigenvalue weighted by atomic mass is 10.1. The Bertz CT molecular complexity index is 753. The number of halogens is 1. The fraction of sp³-hybridized carbons (Fsp3) is 0.176. The second kappa shape index (κ2) is 4.87. The van der Waals surface area contributed by atoms with Crippen LogP contribution >= 0.6 is 23.4 Å². The first-order chi connectivity index (χ1) is 9.81. The fourth-order valence-electron chi connectivity index (χ4n) is 2.92. The predicted molar refractivity (Wildman–Crippen MR) is 86.7 cm³/mol. The van der Waals surface area contributed by atoms with Crippen molar-refractivity contribution in [1.82, 2.24) is 4.57 Å². The summed E-state index contributed by atoms with van der Waals surface area (Å²) in [6.45, 7) is 1.03. The summed E-state index contributed by atoms with van der Waals surface area (Å²) in [4.78, 5) is 1.44. The molecule has 3 heteroatoms. The number of nitrogens with zero attached hydrogens (tertiary/aromatic N) is 1. The van der Waals surface area contributed by atoms with Gasteiger partial charge in [-0.3, -0.25) is 0 Å². The molecule has 1 unspecified atom stereocenters. The molecule has 0 N–H and O–H groups in total. The Morgan fingerprint density at radius 1 is 1.10 bits per heavy atom. The highest BCUT2D eigenvalue weighted by molar-refractivity contribution is 8.00. The topological polar surface area (TPSA) is 4.93 Å². The third kappa shape index (κ3) is 2.04. The van der Waals surface area contributed by atoms with Crippen LogP contribution in [0.5, 0.6) is 0 Å². The van der Waals surface area contributed by atoms with Crippen molar-refractivity contribution in [2.45, 2.75) is 23.1 Å². The van der Waals surface area contributed by atoms with Gasteiger partial charge in [0.1, 0.15) is 0 Å². The molecule has 0 amide bonds. The summed E-state index contributed by atoms with van der Waals surface area (Å²) >= 11 is 8.23. The standard InChI is InChI=1S/C17H14ClNS/c18-15-5-3-6-16-14(15)8-9-19(16)11-13-10-12-4-1-2-7-17(12)20-13/h1-9,13H,10-11H2. The Morgan fingerprint density at radius 3 is 2.90 bits per heavy atom. The Balaban J connectivity index is 1.62. The van der Waals surface area contributed by atoms with Crippen molar-refractivity contribution >= 4 is 34.3 Å². The van der Waals surface area contributed by atoms with Gasteiger partial charge in [-0.1, -0.05) is 35.9 Å². The first-order valence-electron chi connectivity index (χ1n) is 6.79. The van der Waals surface area contributed by atoms with E-state index in [0.29, 0.717) is 5.25 Å². The van der Waals surface area contributed by atoms with E-state index >= 15 is 0 Å². The van der Waals surface area contributed by atoms with Crippen LogP contribution in [-0.4, -0.2) is 9.82 Å². The zero-order valence-corrected chi connectivity index (χ0v) is 12.5. The van der Waals surface area contributed by atoms with Crippen molar-refractivity contribution in [1.29, 1.82) is 0 Å². The molecule has 1 nitrogen and oxygen atoms in total. The molecule has 0 radical (unpaired) electrons. The zero-order valence-electron chi connectivity index (χ0n) is 10.9. The molecule has 1 aliphatic heterocycles. The van der Waals surface area contributed by atoms with Gasteiger partial charge in [-0.05, 0) is 36.2 Å². The summed E-state index contributed by atoms with van der Waals surface area (Å²) in [7, 11) is 0. The van der Waals surface area contributed by atoms with Crippen LogP contribution in [0.3, 0.4) is 0 Å². The van der Waals surface area contributed by atoms with E-state index in [-0.39, 0.29) is 0 Å². The molecule has 100 valence electrons. The van der Waals surface area contributed by atoms with Crippen molar-refractivity contribution in [3.05, 3.63) is 65.3 Å². The van der Waals surface area contributed by atoms with E-state index in [9.17, 15) is 0 Å². The Morgan fingerprint density at radius 2 is 2.00 bits per heavy atom. The van der Waals surface area contributed by atoms with Gasteiger partial charge in [-0.25, -0.2) is 0 Å². The normalized spacial score (nSPS) is 17.6. The quantitative estimate of drug-likeness (QED) is 0.644. The third-order valence-corrected chi connectivity index (χ3v) is 5.51. The molecule has 0 fully saturated rings. The van der Waals surface area contributed by atoms with Gasteiger partial charge in [-0.2, -0.15) is 0 Å². The van der Waals surface area contributed by atoms with Crippen molar-refractivity contribution in [2.24, 2.45) is 0 Å². The molecular weight excluding hydrogens is 286 g/mol. The first-order valence-corrected chi connectivity index (χ1v) is 8.05. The van der Waals surface area contributed by atoms with Crippen LogP contribution in [0.15, 0.2) is 59.6 Å². The van der Waals surface area contributed by atoms with Crippen molar-refractivity contribution < 1.29 is 0 Å². The van der Waals surface area contributed by atoms with E-state index in [1.165, 1.54) is 16.0 Å². The largest absolute Gasteiger partial charge is 0.346 e. The molecule has 1 atom stereocenters. The van der Waals surface area contributed by atoms with Gasteiger partial charge in [0.05, 0.1) is 0 Å². The average molecular weight is 300 g/mol. The minimum absolute atomic E-state index is 0.613. The maximum absolute atomic E-state index is 6.24. The summed E-state index contributed by atoms with van der Waals surface area (Å²) in [6, 6.07) is 17.0. The van der Waals surface area contributed by atoms with Crippen molar-refractivity contribution in [3.63, 3.8) is 0 Å². The molecule has 0 bridgehead atoms. The molecule has 0 saturated carbocycles. The van der Waals surface area contributed by atoms with E-state index in [0.717, 1.165) is 23.4 Å².